The molecule has 0 aliphatic carbocycles. The third-order valence-corrected chi connectivity index (χ3v) is 8.90. The minimum Gasteiger partial charge on any atom is -0.335 e. The van der Waals surface area contributed by atoms with Crippen molar-refractivity contribution in [1.29, 1.82) is 0 Å². The Labute approximate surface area is 187 Å². The lowest BCUT2D eigenvalue weighted by atomic mass is 9.97. The van der Waals surface area contributed by atoms with Gasteiger partial charge in [-0.1, -0.05) is 6.92 Å². The van der Waals surface area contributed by atoms with E-state index < -0.39 is 10.0 Å². The molecule has 0 radical (unpaired) electrons. The molecule has 0 spiro atoms. The summed E-state index contributed by atoms with van der Waals surface area (Å²) in [6.07, 6.45) is 2.73. The number of nitrogens with zero attached hydrogens (tertiary/aromatic N) is 4. The van der Waals surface area contributed by atoms with Crippen molar-refractivity contribution in [2.75, 3.05) is 20.6 Å². The summed E-state index contributed by atoms with van der Waals surface area (Å²) in [5, 5.41) is 2.12. The van der Waals surface area contributed by atoms with E-state index in [-0.39, 0.29) is 16.8 Å². The van der Waals surface area contributed by atoms with Crippen LogP contribution in [0.3, 0.4) is 0 Å². The van der Waals surface area contributed by atoms with Crippen molar-refractivity contribution in [3.8, 4) is 0 Å². The topological polar surface area (TPSA) is 75.5 Å². The van der Waals surface area contributed by atoms with Crippen molar-refractivity contribution < 1.29 is 13.2 Å². The normalized spacial score (nSPS) is 16.8. The number of carbonyl (C=O) groups is 1. The lowest BCUT2D eigenvalue weighted by molar-refractivity contribution is -0.134. The Morgan fingerprint density at radius 2 is 2.06 bits per heavy atom. The van der Waals surface area contributed by atoms with Gasteiger partial charge < -0.3 is 9.47 Å². The first-order valence-electron chi connectivity index (χ1n) is 10.5. The van der Waals surface area contributed by atoms with Crippen LogP contribution in [0.25, 0.3) is 11.0 Å². The van der Waals surface area contributed by atoms with Gasteiger partial charge in [-0.2, -0.15) is 0 Å². The summed E-state index contributed by atoms with van der Waals surface area (Å²) in [6, 6.07) is 7.29. The molecule has 0 fully saturated rings. The molecule has 31 heavy (non-hydrogen) atoms. The summed E-state index contributed by atoms with van der Waals surface area (Å²) >= 11 is 1.78. The van der Waals surface area contributed by atoms with E-state index in [9.17, 15) is 13.2 Å². The minimum absolute atomic E-state index is 0.145. The van der Waals surface area contributed by atoms with E-state index in [1.165, 1.54) is 28.8 Å². The summed E-state index contributed by atoms with van der Waals surface area (Å²) in [5.41, 5.74) is 2.78. The highest BCUT2D eigenvalue weighted by molar-refractivity contribution is 7.89. The largest absolute Gasteiger partial charge is 0.335 e. The van der Waals surface area contributed by atoms with Gasteiger partial charge in [0.25, 0.3) is 0 Å². The predicted octanol–water partition coefficient (Wildman–Crippen LogP) is 3.35. The summed E-state index contributed by atoms with van der Waals surface area (Å²) < 4.78 is 28.0. The Morgan fingerprint density at radius 3 is 2.77 bits per heavy atom. The smallest absolute Gasteiger partial charge is 0.242 e. The monoisotopic (exact) mass is 460 g/mol. The van der Waals surface area contributed by atoms with Gasteiger partial charge >= 0.3 is 0 Å². The van der Waals surface area contributed by atoms with Crippen LogP contribution in [0.15, 0.2) is 34.5 Å². The van der Waals surface area contributed by atoms with Gasteiger partial charge in [-0.3, -0.25) is 4.79 Å². The van der Waals surface area contributed by atoms with Crippen molar-refractivity contribution in [2.24, 2.45) is 7.05 Å². The zero-order valence-corrected chi connectivity index (χ0v) is 20.0. The first-order valence-corrected chi connectivity index (χ1v) is 12.8. The predicted molar refractivity (Wildman–Crippen MR) is 123 cm³/mol. The van der Waals surface area contributed by atoms with Gasteiger partial charge in [0.1, 0.15) is 5.82 Å². The molecule has 1 aliphatic rings. The van der Waals surface area contributed by atoms with Crippen molar-refractivity contribution >= 4 is 38.3 Å². The third-order valence-electron chi connectivity index (χ3n) is 6.09. The molecular formula is C22H28N4O3S2. The van der Waals surface area contributed by atoms with E-state index in [0.717, 1.165) is 30.7 Å². The number of imidazole rings is 1. The molecule has 1 aliphatic heterocycles. The van der Waals surface area contributed by atoms with E-state index in [1.54, 1.807) is 29.5 Å². The van der Waals surface area contributed by atoms with E-state index in [2.05, 4.69) is 23.4 Å². The maximum atomic E-state index is 13.1. The van der Waals surface area contributed by atoms with Crippen molar-refractivity contribution in [2.45, 2.75) is 43.5 Å². The molecule has 1 atom stereocenters. The molecule has 4 rings (SSSR count). The third kappa shape index (κ3) is 3.90. The standard InChI is InChI=1S/C22H28N4O3S2/c1-5-18-16-11-13-30-20(16)10-12-26(18)22(27)9-8-21-23-17-14-15(31(28,29)24(2)3)6-7-19(17)25(21)4/h6-7,11,13-14,18H,5,8-10,12H2,1-4H3/t18-/m1/s1. The number of aryl methyl sites for hydroxylation is 2. The molecule has 7 nitrogen and oxygen atoms in total. The number of sulfonamides is 1. The summed E-state index contributed by atoms with van der Waals surface area (Å²) in [5.74, 6) is 0.927. The molecule has 3 aromatic rings. The van der Waals surface area contributed by atoms with Crippen LogP contribution in [0.4, 0.5) is 0 Å². The Hall–Kier alpha value is -2.23. The van der Waals surface area contributed by atoms with Crippen molar-refractivity contribution in [3.05, 3.63) is 45.9 Å². The fraction of sp³-hybridized carbons (Fsp3) is 0.455. The second-order valence-corrected chi connectivity index (χ2v) is 11.2. The first kappa shape index (κ1) is 22.0. The van der Waals surface area contributed by atoms with Crippen LogP contribution < -0.4 is 0 Å². The number of thiophene rings is 1. The number of rotatable bonds is 6. The number of benzene rings is 1. The highest BCUT2D eigenvalue weighted by Gasteiger charge is 2.30. The summed E-state index contributed by atoms with van der Waals surface area (Å²) in [7, 11) is 1.41. The molecule has 3 heterocycles. The molecule has 0 saturated carbocycles. The van der Waals surface area contributed by atoms with E-state index in [0.29, 0.717) is 18.4 Å². The average molecular weight is 461 g/mol. The fourth-order valence-corrected chi connectivity index (χ4v) is 6.17. The van der Waals surface area contributed by atoms with E-state index in [4.69, 9.17) is 0 Å². The van der Waals surface area contributed by atoms with Gasteiger partial charge in [0, 0.05) is 45.4 Å². The van der Waals surface area contributed by atoms with Crippen molar-refractivity contribution in [1.82, 2.24) is 18.8 Å². The maximum Gasteiger partial charge on any atom is 0.242 e. The van der Waals surface area contributed by atoms with Gasteiger partial charge in [-0.05, 0) is 48.1 Å². The highest BCUT2D eigenvalue weighted by Crippen LogP contribution is 2.35. The zero-order chi connectivity index (χ0) is 22.3. The molecule has 1 amide bonds. The molecular weight excluding hydrogens is 432 g/mol. The van der Waals surface area contributed by atoms with Gasteiger partial charge in [-0.15, -0.1) is 11.3 Å². The van der Waals surface area contributed by atoms with E-state index >= 15 is 0 Å². The number of amides is 1. The average Bonchev–Trinajstić information content (AvgIpc) is 3.35. The number of aromatic nitrogens is 2. The lowest BCUT2D eigenvalue weighted by Crippen LogP contribution is -2.39. The quantitative estimate of drug-likeness (QED) is 0.565. The Morgan fingerprint density at radius 1 is 1.29 bits per heavy atom. The number of fused-ring (bicyclic) bond motifs is 2. The highest BCUT2D eigenvalue weighted by atomic mass is 32.2. The number of hydrogen-bond donors (Lipinski definition) is 0. The summed E-state index contributed by atoms with van der Waals surface area (Å²) in [6.45, 7) is 2.89. The minimum atomic E-state index is -3.52. The molecule has 1 aromatic carbocycles. The van der Waals surface area contributed by atoms with Gasteiger partial charge in [0.15, 0.2) is 0 Å². The maximum absolute atomic E-state index is 13.1. The van der Waals surface area contributed by atoms with E-state index in [1.807, 2.05) is 16.5 Å². The molecule has 166 valence electrons. The van der Waals surface area contributed by atoms with Crippen LogP contribution in [0.5, 0.6) is 0 Å². The van der Waals surface area contributed by atoms with Crippen LogP contribution in [-0.2, 0) is 34.7 Å². The second-order valence-electron chi connectivity index (χ2n) is 8.09. The molecule has 2 aromatic heterocycles. The van der Waals surface area contributed by atoms with Crippen molar-refractivity contribution in [3.63, 3.8) is 0 Å². The summed E-state index contributed by atoms with van der Waals surface area (Å²) in [4.78, 5) is 21.3. The zero-order valence-electron chi connectivity index (χ0n) is 18.3. The Bertz CT molecular complexity index is 1230. The molecule has 0 saturated heterocycles. The van der Waals surface area contributed by atoms with Gasteiger partial charge in [0.05, 0.1) is 22.0 Å². The first-order chi connectivity index (χ1) is 14.7. The molecule has 0 unspecified atom stereocenters. The lowest BCUT2D eigenvalue weighted by Gasteiger charge is -2.35. The van der Waals surface area contributed by atoms with Crippen LogP contribution in [0.1, 0.15) is 42.1 Å². The SMILES string of the molecule is CC[C@@H]1c2ccsc2CCN1C(=O)CCc1nc2cc(S(=O)(=O)N(C)C)ccc2n1C. The number of carbonyl (C=O) groups excluding carboxylic acids is 1. The Kier molecular flexibility index (Phi) is 5.93. The van der Waals surface area contributed by atoms with Gasteiger partial charge in [0.2, 0.25) is 15.9 Å². The fourth-order valence-electron chi connectivity index (χ4n) is 4.32. The van der Waals surface area contributed by atoms with Gasteiger partial charge in [-0.25, -0.2) is 17.7 Å². The second kappa shape index (κ2) is 8.37. The molecule has 0 bridgehead atoms. The molecule has 0 N–H and O–H groups in total. The number of hydrogen-bond acceptors (Lipinski definition) is 5. The van der Waals surface area contributed by atoms with Crippen LogP contribution >= 0.6 is 11.3 Å². The molecule has 9 heteroatoms. The Balaban J connectivity index is 1.53. The van der Waals surface area contributed by atoms with Crippen LogP contribution in [0.2, 0.25) is 0 Å². The van der Waals surface area contributed by atoms with Crippen LogP contribution in [-0.4, -0.2) is 53.7 Å². The van der Waals surface area contributed by atoms with Crippen LogP contribution in [0, 0.1) is 0 Å².